The highest BCUT2D eigenvalue weighted by Crippen LogP contribution is 2.07. The molecule has 0 rings (SSSR count). The van der Waals surface area contributed by atoms with Gasteiger partial charge in [-0.1, -0.05) is 79.1 Å². The van der Waals surface area contributed by atoms with Crippen molar-refractivity contribution in [3.63, 3.8) is 0 Å². The third-order valence-corrected chi connectivity index (χ3v) is 1.96. The molecule has 14 heavy (non-hydrogen) atoms. The summed E-state index contributed by atoms with van der Waals surface area (Å²) in [5, 5.41) is 0. The molecule has 2 N–H and O–H groups in total. The molecule has 0 amide bonds. The molecule has 0 radical (unpaired) electrons. The molecule has 0 saturated heterocycles. The van der Waals surface area contributed by atoms with Crippen LogP contribution in [0.4, 0.5) is 0 Å². The molecule has 0 aromatic heterocycles. The normalized spacial score (nSPS) is 9.86. The first-order valence-corrected chi connectivity index (χ1v) is 6.40. The Labute approximate surface area is 91.5 Å². The quantitative estimate of drug-likeness (QED) is 0.603. The minimum absolute atomic E-state index is 0.333. The average Bonchev–Trinajstić information content (AvgIpc) is 2.10. The Morgan fingerprint density at radius 1 is 0.714 bits per heavy atom. The van der Waals surface area contributed by atoms with Gasteiger partial charge in [-0.2, -0.15) is 0 Å². The van der Waals surface area contributed by atoms with Gasteiger partial charge in [0, 0.05) is 0 Å². The van der Waals surface area contributed by atoms with E-state index in [-0.39, 0.29) is 0 Å². The van der Waals surface area contributed by atoms with Crippen molar-refractivity contribution in [2.24, 2.45) is 5.73 Å². The predicted octanol–water partition coefficient (Wildman–Crippen LogP) is 4.50. The van der Waals surface area contributed by atoms with Gasteiger partial charge in [-0.05, 0) is 6.04 Å². The summed E-state index contributed by atoms with van der Waals surface area (Å²) >= 11 is 0. The molecular weight excluding hydrogens is 170 g/mol. The minimum atomic E-state index is 0.333. The molecular formula is C13H31N. The Morgan fingerprint density at radius 3 is 1.14 bits per heavy atom. The second-order valence-corrected chi connectivity index (χ2v) is 4.37. The largest absolute Gasteiger partial charge is 0.328 e. The molecule has 0 fully saturated rings. The van der Waals surface area contributed by atoms with E-state index in [0.717, 1.165) is 0 Å². The zero-order valence-electron chi connectivity index (χ0n) is 10.8. The van der Waals surface area contributed by atoms with Crippen LogP contribution in [-0.2, 0) is 0 Å². The van der Waals surface area contributed by atoms with E-state index in [0.29, 0.717) is 6.04 Å². The van der Waals surface area contributed by atoms with Gasteiger partial charge in [0.25, 0.3) is 0 Å². The van der Waals surface area contributed by atoms with Crippen molar-refractivity contribution in [1.29, 1.82) is 0 Å². The van der Waals surface area contributed by atoms with Crippen molar-refractivity contribution in [3.8, 4) is 0 Å². The molecule has 0 aliphatic heterocycles. The van der Waals surface area contributed by atoms with E-state index in [1.165, 1.54) is 51.4 Å². The first-order chi connectivity index (χ1) is 6.65. The Kier molecular flexibility index (Phi) is 18.1. The van der Waals surface area contributed by atoms with Crippen LogP contribution in [0.25, 0.3) is 0 Å². The maximum absolute atomic E-state index is 5.11. The highest BCUT2D eigenvalue weighted by molar-refractivity contribution is 4.43. The fourth-order valence-electron chi connectivity index (χ4n) is 1.21. The van der Waals surface area contributed by atoms with Crippen molar-refractivity contribution in [2.75, 3.05) is 0 Å². The fraction of sp³-hybridized carbons (Fsp3) is 1.00. The van der Waals surface area contributed by atoms with Gasteiger partial charge in [-0.3, -0.25) is 0 Å². The second kappa shape index (κ2) is 15.4. The van der Waals surface area contributed by atoms with Crippen molar-refractivity contribution in [1.82, 2.24) is 0 Å². The van der Waals surface area contributed by atoms with Crippen molar-refractivity contribution >= 4 is 0 Å². The van der Waals surface area contributed by atoms with E-state index >= 15 is 0 Å². The summed E-state index contributed by atoms with van der Waals surface area (Å²) in [6.45, 7) is 8.43. The summed E-state index contributed by atoms with van der Waals surface area (Å²) in [4.78, 5) is 0. The molecule has 0 unspecified atom stereocenters. The molecule has 0 aliphatic rings. The summed E-state index contributed by atoms with van der Waals surface area (Å²) in [6.07, 6.45) is 11.5. The van der Waals surface area contributed by atoms with Crippen LogP contribution in [0.5, 0.6) is 0 Å². The summed E-state index contributed by atoms with van der Waals surface area (Å²) < 4.78 is 0. The van der Waals surface area contributed by atoms with Gasteiger partial charge in [0.15, 0.2) is 0 Å². The first kappa shape index (κ1) is 16.4. The zero-order chi connectivity index (χ0) is 11.2. The maximum Gasteiger partial charge on any atom is -0.00179 e. The SMILES string of the molecule is CC(C)N.CCCCCCCCCC. The fourth-order valence-corrected chi connectivity index (χ4v) is 1.21. The van der Waals surface area contributed by atoms with E-state index in [4.69, 9.17) is 5.73 Å². The summed E-state index contributed by atoms with van der Waals surface area (Å²) in [5.41, 5.74) is 5.11. The van der Waals surface area contributed by atoms with Gasteiger partial charge >= 0.3 is 0 Å². The lowest BCUT2D eigenvalue weighted by molar-refractivity contribution is 0.585. The Morgan fingerprint density at radius 2 is 0.929 bits per heavy atom. The molecule has 0 bridgehead atoms. The molecule has 0 aromatic rings. The molecule has 0 saturated carbocycles. The smallest absolute Gasteiger partial charge is 0.00179 e. The lowest BCUT2D eigenvalue weighted by Gasteiger charge is -1.97. The van der Waals surface area contributed by atoms with Crippen LogP contribution >= 0.6 is 0 Å². The van der Waals surface area contributed by atoms with Gasteiger partial charge in [-0.15, -0.1) is 0 Å². The van der Waals surface area contributed by atoms with Crippen LogP contribution in [0, 0.1) is 0 Å². The molecule has 1 heteroatoms. The van der Waals surface area contributed by atoms with Crippen LogP contribution in [-0.4, -0.2) is 6.04 Å². The third-order valence-electron chi connectivity index (χ3n) is 1.96. The Balaban J connectivity index is 0. The van der Waals surface area contributed by atoms with E-state index in [1.54, 1.807) is 0 Å². The topological polar surface area (TPSA) is 26.0 Å². The third kappa shape index (κ3) is 29.7. The highest BCUT2D eigenvalue weighted by atomic mass is 14.6. The summed E-state index contributed by atoms with van der Waals surface area (Å²) in [6, 6.07) is 0.333. The standard InChI is InChI=1S/C10H22.C3H9N/c1-3-5-7-9-10-8-6-4-2;1-3(2)4/h3-10H2,1-2H3;3H,4H2,1-2H3. The molecule has 0 aromatic carbocycles. The van der Waals surface area contributed by atoms with Gasteiger partial charge in [-0.25, -0.2) is 0 Å². The van der Waals surface area contributed by atoms with E-state index < -0.39 is 0 Å². The van der Waals surface area contributed by atoms with Crippen LogP contribution in [0.3, 0.4) is 0 Å². The molecule has 1 nitrogen and oxygen atoms in total. The van der Waals surface area contributed by atoms with Gasteiger partial charge < -0.3 is 5.73 Å². The summed E-state index contributed by atoms with van der Waals surface area (Å²) in [7, 11) is 0. The molecule has 88 valence electrons. The van der Waals surface area contributed by atoms with Crippen molar-refractivity contribution in [2.45, 2.75) is 85.1 Å². The molecule has 0 aliphatic carbocycles. The van der Waals surface area contributed by atoms with E-state index in [9.17, 15) is 0 Å². The van der Waals surface area contributed by atoms with Crippen LogP contribution < -0.4 is 5.73 Å². The number of unbranched alkanes of at least 4 members (excludes halogenated alkanes) is 7. The van der Waals surface area contributed by atoms with Gasteiger partial charge in [0.1, 0.15) is 0 Å². The lowest BCUT2D eigenvalue weighted by atomic mass is 10.1. The second-order valence-electron chi connectivity index (χ2n) is 4.37. The molecule has 0 atom stereocenters. The van der Waals surface area contributed by atoms with Crippen LogP contribution in [0.1, 0.15) is 79.1 Å². The average molecular weight is 201 g/mol. The monoisotopic (exact) mass is 201 g/mol. The number of hydrogen-bond donors (Lipinski definition) is 1. The van der Waals surface area contributed by atoms with E-state index in [1.807, 2.05) is 13.8 Å². The highest BCUT2D eigenvalue weighted by Gasteiger charge is 1.87. The maximum atomic E-state index is 5.11. The summed E-state index contributed by atoms with van der Waals surface area (Å²) in [5.74, 6) is 0. The number of hydrogen-bond acceptors (Lipinski definition) is 1. The van der Waals surface area contributed by atoms with Crippen LogP contribution in [0.15, 0.2) is 0 Å². The lowest BCUT2D eigenvalue weighted by Crippen LogP contribution is -2.06. The Bertz CT molecular complexity index is 68.5. The molecule has 0 heterocycles. The van der Waals surface area contributed by atoms with Crippen molar-refractivity contribution in [3.05, 3.63) is 0 Å². The van der Waals surface area contributed by atoms with Crippen molar-refractivity contribution < 1.29 is 0 Å². The van der Waals surface area contributed by atoms with E-state index in [2.05, 4.69) is 13.8 Å². The minimum Gasteiger partial charge on any atom is -0.328 e. The molecule has 0 spiro atoms. The number of nitrogens with two attached hydrogens (primary N) is 1. The van der Waals surface area contributed by atoms with Crippen LogP contribution in [0.2, 0.25) is 0 Å². The first-order valence-electron chi connectivity index (χ1n) is 6.40. The van der Waals surface area contributed by atoms with Gasteiger partial charge in [0.2, 0.25) is 0 Å². The zero-order valence-corrected chi connectivity index (χ0v) is 10.8. The number of rotatable bonds is 7. The van der Waals surface area contributed by atoms with Gasteiger partial charge in [0.05, 0.1) is 0 Å². The predicted molar refractivity (Wildman–Crippen MR) is 67.6 cm³/mol. The Hall–Kier alpha value is -0.0400.